The second-order valence-electron chi connectivity index (χ2n) is 4.49. The Morgan fingerprint density at radius 3 is 2.44 bits per heavy atom. The summed E-state index contributed by atoms with van der Waals surface area (Å²) in [4.78, 5) is 22.2. The first-order valence-corrected chi connectivity index (χ1v) is 7.19. The summed E-state index contributed by atoms with van der Waals surface area (Å²) in [6.07, 6.45) is 6.49. The fourth-order valence-corrected chi connectivity index (χ4v) is 3.02. The van der Waals surface area contributed by atoms with Crippen LogP contribution < -0.4 is 10.6 Å². The van der Waals surface area contributed by atoms with E-state index in [9.17, 15) is 9.59 Å². The zero-order valence-corrected chi connectivity index (χ0v) is 11.3. The highest BCUT2D eigenvalue weighted by Gasteiger charge is 2.33. The van der Waals surface area contributed by atoms with Gasteiger partial charge < -0.3 is 20.8 Å². The first-order chi connectivity index (χ1) is 8.53. The van der Waals surface area contributed by atoms with E-state index >= 15 is 0 Å². The van der Waals surface area contributed by atoms with Crippen molar-refractivity contribution in [3.8, 4) is 0 Å². The van der Waals surface area contributed by atoms with Gasteiger partial charge >= 0.3 is 12.0 Å². The Bertz CT molecular complexity index is 305. The molecule has 1 fully saturated rings. The monoisotopic (exact) mass is 276 g/mol. The van der Waals surface area contributed by atoms with Crippen molar-refractivity contribution in [2.45, 2.75) is 36.5 Å². The van der Waals surface area contributed by atoms with Gasteiger partial charge in [-0.1, -0.05) is 12.8 Å². The van der Waals surface area contributed by atoms with Gasteiger partial charge in [-0.3, -0.25) is 0 Å². The lowest BCUT2D eigenvalue weighted by atomic mass is 10.1. The third kappa shape index (κ3) is 4.06. The van der Waals surface area contributed by atoms with Crippen molar-refractivity contribution in [2.24, 2.45) is 0 Å². The van der Waals surface area contributed by atoms with Crippen molar-refractivity contribution in [1.82, 2.24) is 10.6 Å². The van der Waals surface area contributed by atoms with Crippen molar-refractivity contribution < 1.29 is 19.8 Å². The van der Waals surface area contributed by atoms with Crippen LogP contribution in [0, 0.1) is 0 Å². The van der Waals surface area contributed by atoms with E-state index in [1.54, 1.807) is 11.8 Å². The summed E-state index contributed by atoms with van der Waals surface area (Å²) < 4.78 is 0.0786. The third-order valence-corrected chi connectivity index (χ3v) is 4.72. The minimum Gasteiger partial charge on any atom is -0.480 e. The van der Waals surface area contributed by atoms with E-state index in [0.717, 1.165) is 12.8 Å². The molecule has 0 aromatic heterocycles. The standard InChI is InChI=1S/C11H20N2O4S/c1-18-11(4-2-3-5-11)7-12-10(17)13-8(6-14)9(15)16/h8,14H,2-7H2,1H3,(H,15,16)(H2,12,13,17). The summed E-state index contributed by atoms with van der Waals surface area (Å²) in [7, 11) is 0. The lowest BCUT2D eigenvalue weighted by Gasteiger charge is -2.27. The van der Waals surface area contributed by atoms with Crippen LogP contribution in [0.5, 0.6) is 0 Å². The van der Waals surface area contributed by atoms with Gasteiger partial charge in [-0.15, -0.1) is 0 Å². The maximum absolute atomic E-state index is 11.5. The van der Waals surface area contributed by atoms with Gasteiger partial charge in [-0.25, -0.2) is 9.59 Å². The van der Waals surface area contributed by atoms with Crippen LogP contribution in [0.25, 0.3) is 0 Å². The second-order valence-corrected chi connectivity index (χ2v) is 5.77. The smallest absolute Gasteiger partial charge is 0.328 e. The zero-order valence-electron chi connectivity index (χ0n) is 10.4. The van der Waals surface area contributed by atoms with Gasteiger partial charge in [0.05, 0.1) is 6.61 Å². The van der Waals surface area contributed by atoms with Gasteiger partial charge in [0.1, 0.15) is 0 Å². The van der Waals surface area contributed by atoms with Crippen LogP contribution in [-0.4, -0.2) is 52.4 Å². The number of aliphatic carboxylic acids is 1. The number of carboxylic acid groups (broad SMARTS) is 1. The lowest BCUT2D eigenvalue weighted by molar-refractivity contribution is -0.140. The number of carboxylic acids is 1. The van der Waals surface area contributed by atoms with E-state index in [2.05, 4.69) is 10.6 Å². The average molecular weight is 276 g/mol. The fraction of sp³-hybridized carbons (Fsp3) is 0.818. The topological polar surface area (TPSA) is 98.7 Å². The summed E-state index contributed by atoms with van der Waals surface area (Å²) in [6, 6.07) is -1.80. The molecule has 2 amide bonds. The second kappa shape index (κ2) is 6.84. The zero-order chi connectivity index (χ0) is 13.6. The first-order valence-electron chi connectivity index (χ1n) is 5.96. The normalized spacial score (nSPS) is 19.2. The highest BCUT2D eigenvalue weighted by atomic mass is 32.2. The van der Waals surface area contributed by atoms with Crippen LogP contribution in [0.3, 0.4) is 0 Å². The molecule has 0 radical (unpaired) electrons. The van der Waals surface area contributed by atoms with Gasteiger partial charge in [0, 0.05) is 11.3 Å². The quantitative estimate of drug-likeness (QED) is 0.563. The number of carbonyl (C=O) groups excluding carboxylic acids is 1. The molecular formula is C11H20N2O4S. The molecule has 0 aliphatic heterocycles. The molecule has 1 aliphatic carbocycles. The molecular weight excluding hydrogens is 256 g/mol. The van der Waals surface area contributed by atoms with E-state index in [1.165, 1.54) is 12.8 Å². The summed E-state index contributed by atoms with van der Waals surface area (Å²) in [6.45, 7) is -0.0891. The first kappa shape index (κ1) is 15.1. The van der Waals surface area contributed by atoms with Crippen LogP contribution in [-0.2, 0) is 4.79 Å². The maximum atomic E-state index is 11.5. The van der Waals surface area contributed by atoms with E-state index < -0.39 is 24.6 Å². The van der Waals surface area contributed by atoms with Crippen molar-refractivity contribution in [3.63, 3.8) is 0 Å². The predicted octanol–water partition coefficient (Wildman–Crippen LogP) is 0.407. The Morgan fingerprint density at radius 1 is 1.39 bits per heavy atom. The summed E-state index contributed by atoms with van der Waals surface area (Å²) in [5.41, 5.74) is 0. The van der Waals surface area contributed by atoms with Crippen LogP contribution in [0.2, 0.25) is 0 Å². The highest BCUT2D eigenvalue weighted by molar-refractivity contribution is 8.00. The van der Waals surface area contributed by atoms with Crippen LogP contribution >= 0.6 is 11.8 Å². The number of aliphatic hydroxyl groups excluding tert-OH is 1. The molecule has 1 aliphatic rings. The van der Waals surface area contributed by atoms with Crippen molar-refractivity contribution in [3.05, 3.63) is 0 Å². The SMILES string of the molecule is CSC1(CNC(=O)NC(CO)C(=O)O)CCCC1. The third-order valence-electron chi connectivity index (χ3n) is 3.30. The van der Waals surface area contributed by atoms with E-state index in [-0.39, 0.29) is 4.75 Å². The highest BCUT2D eigenvalue weighted by Crippen LogP contribution is 2.39. The van der Waals surface area contributed by atoms with Gasteiger partial charge in [0.15, 0.2) is 6.04 Å². The number of nitrogens with one attached hydrogen (secondary N) is 2. The summed E-state index contributed by atoms with van der Waals surface area (Å²) >= 11 is 1.74. The van der Waals surface area contributed by atoms with Crippen molar-refractivity contribution in [2.75, 3.05) is 19.4 Å². The maximum Gasteiger partial charge on any atom is 0.328 e. The molecule has 1 unspecified atom stereocenters. The molecule has 1 atom stereocenters. The molecule has 18 heavy (non-hydrogen) atoms. The Morgan fingerprint density at radius 2 is 2.00 bits per heavy atom. The van der Waals surface area contributed by atoms with Gasteiger partial charge in [-0.05, 0) is 19.1 Å². The number of amides is 2. The number of aliphatic hydroxyl groups is 1. The number of thioether (sulfide) groups is 1. The molecule has 0 heterocycles. The molecule has 104 valence electrons. The Balaban J connectivity index is 2.38. The Hall–Kier alpha value is -0.950. The number of rotatable bonds is 6. The molecule has 1 saturated carbocycles. The summed E-state index contributed by atoms with van der Waals surface area (Å²) in [5, 5.41) is 22.4. The van der Waals surface area contributed by atoms with Crippen molar-refractivity contribution >= 4 is 23.8 Å². The van der Waals surface area contributed by atoms with Crippen LogP contribution in [0.4, 0.5) is 4.79 Å². The average Bonchev–Trinajstić information content (AvgIpc) is 2.82. The molecule has 4 N–H and O–H groups in total. The number of hydrogen-bond acceptors (Lipinski definition) is 4. The lowest BCUT2D eigenvalue weighted by Crippen LogP contribution is -2.50. The van der Waals surface area contributed by atoms with Crippen LogP contribution in [0.15, 0.2) is 0 Å². The molecule has 0 saturated heterocycles. The Labute approximate surface area is 111 Å². The van der Waals surface area contributed by atoms with Crippen LogP contribution in [0.1, 0.15) is 25.7 Å². The van der Waals surface area contributed by atoms with E-state index in [0.29, 0.717) is 6.54 Å². The van der Waals surface area contributed by atoms with E-state index in [4.69, 9.17) is 10.2 Å². The molecule has 0 bridgehead atoms. The van der Waals surface area contributed by atoms with Crippen molar-refractivity contribution in [1.29, 1.82) is 0 Å². The van der Waals surface area contributed by atoms with Gasteiger partial charge in [0.25, 0.3) is 0 Å². The molecule has 6 nitrogen and oxygen atoms in total. The molecule has 7 heteroatoms. The largest absolute Gasteiger partial charge is 0.480 e. The minimum atomic E-state index is -1.25. The molecule has 0 aromatic rings. The number of hydrogen-bond donors (Lipinski definition) is 4. The molecule has 0 aromatic carbocycles. The van der Waals surface area contributed by atoms with Gasteiger partial charge in [-0.2, -0.15) is 11.8 Å². The molecule has 0 spiro atoms. The van der Waals surface area contributed by atoms with Gasteiger partial charge in [0.2, 0.25) is 0 Å². The minimum absolute atomic E-state index is 0.0786. The number of carbonyl (C=O) groups is 2. The summed E-state index contributed by atoms with van der Waals surface area (Å²) in [5.74, 6) is -1.24. The predicted molar refractivity (Wildman–Crippen MR) is 69.8 cm³/mol. The Kier molecular flexibility index (Phi) is 5.74. The van der Waals surface area contributed by atoms with E-state index in [1.807, 2.05) is 6.26 Å². The number of urea groups is 1. The fourth-order valence-electron chi connectivity index (χ4n) is 2.11. The molecule has 1 rings (SSSR count).